The topological polar surface area (TPSA) is 61.5 Å². The zero-order valence-electron chi connectivity index (χ0n) is 7.09. The van der Waals surface area contributed by atoms with Crippen molar-refractivity contribution in [2.24, 2.45) is 5.10 Å². The van der Waals surface area contributed by atoms with Gasteiger partial charge in [-0.05, 0) is 0 Å². The third-order valence-electron chi connectivity index (χ3n) is 1.57. The zero-order chi connectivity index (χ0) is 8.93. The molecule has 6 heteroatoms. The van der Waals surface area contributed by atoms with Gasteiger partial charge in [-0.3, -0.25) is 0 Å². The molecule has 6 nitrogen and oxygen atoms in total. The van der Waals surface area contributed by atoms with Crippen LogP contribution in [-0.4, -0.2) is 47.0 Å². The highest BCUT2D eigenvalue weighted by Crippen LogP contribution is 1.93. The molecule has 1 fully saturated rings. The molecule has 0 atom stereocenters. The van der Waals surface area contributed by atoms with E-state index < -0.39 is 0 Å². The summed E-state index contributed by atoms with van der Waals surface area (Å²) >= 11 is 0. The van der Waals surface area contributed by atoms with Gasteiger partial charge in [-0.2, -0.15) is 5.10 Å². The Kier molecular flexibility index (Phi) is 2.63. The fourth-order valence-electron chi connectivity index (χ4n) is 1.01. The summed E-state index contributed by atoms with van der Waals surface area (Å²) in [5, 5.41) is 11.5. The van der Waals surface area contributed by atoms with E-state index in [0.717, 1.165) is 5.71 Å². The molecule has 0 radical (unpaired) electrons. The maximum Gasteiger partial charge on any atom is 0.141 e. The first-order valence-electron chi connectivity index (χ1n) is 4.02. The number of hydrogen-bond acceptors (Lipinski definition) is 5. The third kappa shape index (κ3) is 2.33. The van der Waals surface area contributed by atoms with Gasteiger partial charge in [0.15, 0.2) is 0 Å². The second-order valence-electron chi connectivity index (χ2n) is 2.61. The minimum absolute atomic E-state index is 0.512. The molecular formula is C7H10N4O2. The van der Waals surface area contributed by atoms with Crippen molar-refractivity contribution >= 4 is 5.71 Å². The Morgan fingerprint density at radius 2 is 1.77 bits per heavy atom. The SMILES string of the molecule is c1nncn1N=C1COCCOC1. The van der Waals surface area contributed by atoms with Crippen LogP contribution >= 0.6 is 0 Å². The van der Waals surface area contributed by atoms with Crippen molar-refractivity contribution in [3.8, 4) is 0 Å². The predicted molar refractivity (Wildman–Crippen MR) is 44.5 cm³/mol. The second-order valence-corrected chi connectivity index (χ2v) is 2.61. The van der Waals surface area contributed by atoms with E-state index in [-0.39, 0.29) is 0 Å². The van der Waals surface area contributed by atoms with Crippen LogP contribution in [0, 0.1) is 0 Å². The molecular weight excluding hydrogens is 172 g/mol. The van der Waals surface area contributed by atoms with E-state index in [0.29, 0.717) is 26.4 Å². The summed E-state index contributed by atoms with van der Waals surface area (Å²) in [6.45, 7) is 2.28. The van der Waals surface area contributed by atoms with Crippen molar-refractivity contribution in [3.63, 3.8) is 0 Å². The molecule has 0 bridgehead atoms. The predicted octanol–water partition coefficient (Wildman–Crippen LogP) is -0.471. The highest BCUT2D eigenvalue weighted by molar-refractivity contribution is 5.86. The van der Waals surface area contributed by atoms with Crippen molar-refractivity contribution in [1.82, 2.24) is 14.9 Å². The monoisotopic (exact) mass is 182 g/mol. The van der Waals surface area contributed by atoms with Crippen molar-refractivity contribution in [1.29, 1.82) is 0 Å². The van der Waals surface area contributed by atoms with Gasteiger partial charge >= 0.3 is 0 Å². The highest BCUT2D eigenvalue weighted by Gasteiger charge is 2.05. The van der Waals surface area contributed by atoms with Crippen LogP contribution in [0.15, 0.2) is 17.8 Å². The van der Waals surface area contributed by atoms with E-state index in [1.54, 1.807) is 0 Å². The van der Waals surface area contributed by atoms with Gasteiger partial charge in [0.05, 0.1) is 32.1 Å². The Bertz CT molecular complexity index is 273. The van der Waals surface area contributed by atoms with Crippen molar-refractivity contribution in [2.75, 3.05) is 26.4 Å². The minimum Gasteiger partial charge on any atom is -0.373 e. The molecule has 1 aromatic heterocycles. The number of nitrogens with zero attached hydrogens (tertiary/aromatic N) is 4. The van der Waals surface area contributed by atoms with Crippen LogP contribution in [0.25, 0.3) is 0 Å². The van der Waals surface area contributed by atoms with Crippen LogP contribution in [0.4, 0.5) is 0 Å². The molecule has 0 saturated carbocycles. The van der Waals surface area contributed by atoms with Crippen LogP contribution in [0.1, 0.15) is 0 Å². The van der Waals surface area contributed by atoms with E-state index >= 15 is 0 Å². The average Bonchev–Trinajstić information content (AvgIpc) is 2.49. The Hall–Kier alpha value is -1.27. The standard InChI is InChI=1S/C7H10N4O2/c1-2-13-4-7(3-12-1)10-11-5-8-9-6-11/h5-6H,1-4H2. The lowest BCUT2D eigenvalue weighted by molar-refractivity contribution is 0.103. The first-order chi connectivity index (χ1) is 6.45. The van der Waals surface area contributed by atoms with Gasteiger partial charge in [0.2, 0.25) is 0 Å². The fraction of sp³-hybridized carbons (Fsp3) is 0.571. The Morgan fingerprint density at radius 3 is 2.38 bits per heavy atom. The second kappa shape index (κ2) is 4.11. The van der Waals surface area contributed by atoms with Gasteiger partial charge in [0.25, 0.3) is 0 Å². The molecule has 1 aromatic rings. The van der Waals surface area contributed by atoms with Gasteiger partial charge in [0.1, 0.15) is 12.7 Å². The molecule has 1 aliphatic rings. The van der Waals surface area contributed by atoms with Crippen LogP contribution in [-0.2, 0) is 9.47 Å². The minimum atomic E-state index is 0.512. The maximum absolute atomic E-state index is 5.25. The molecule has 0 N–H and O–H groups in total. The summed E-state index contributed by atoms with van der Waals surface area (Å²) in [5.41, 5.74) is 0.845. The third-order valence-corrected chi connectivity index (χ3v) is 1.57. The summed E-state index contributed by atoms with van der Waals surface area (Å²) < 4.78 is 12.0. The van der Waals surface area contributed by atoms with Gasteiger partial charge in [-0.25, -0.2) is 4.68 Å². The number of hydrogen-bond donors (Lipinski definition) is 0. The number of aromatic nitrogens is 3. The van der Waals surface area contributed by atoms with Crippen LogP contribution < -0.4 is 0 Å². The van der Waals surface area contributed by atoms with Crippen molar-refractivity contribution in [2.45, 2.75) is 0 Å². The Morgan fingerprint density at radius 1 is 1.15 bits per heavy atom. The molecule has 0 unspecified atom stereocenters. The smallest absolute Gasteiger partial charge is 0.141 e. The van der Waals surface area contributed by atoms with E-state index in [4.69, 9.17) is 9.47 Å². The summed E-state index contributed by atoms with van der Waals surface area (Å²) in [7, 11) is 0. The van der Waals surface area contributed by atoms with Crippen LogP contribution in [0.3, 0.4) is 0 Å². The van der Waals surface area contributed by atoms with Crippen LogP contribution in [0.2, 0.25) is 0 Å². The summed E-state index contributed by atoms with van der Waals surface area (Å²) in [5.74, 6) is 0. The van der Waals surface area contributed by atoms with E-state index in [1.807, 2.05) is 0 Å². The molecule has 0 aromatic carbocycles. The first kappa shape index (κ1) is 8.33. The lowest BCUT2D eigenvalue weighted by atomic mass is 10.4. The molecule has 2 rings (SSSR count). The molecule has 0 spiro atoms. The van der Waals surface area contributed by atoms with Gasteiger partial charge in [-0.1, -0.05) is 0 Å². The molecule has 0 amide bonds. The zero-order valence-corrected chi connectivity index (χ0v) is 7.09. The normalized spacial score (nSPS) is 18.3. The Balaban J connectivity index is 2.05. The molecule has 70 valence electrons. The van der Waals surface area contributed by atoms with E-state index in [9.17, 15) is 0 Å². The highest BCUT2D eigenvalue weighted by atomic mass is 16.5. The molecule has 13 heavy (non-hydrogen) atoms. The quantitative estimate of drug-likeness (QED) is 0.589. The molecule has 2 heterocycles. The molecule has 1 saturated heterocycles. The lowest BCUT2D eigenvalue weighted by Gasteiger charge is -1.99. The van der Waals surface area contributed by atoms with Gasteiger partial charge in [0, 0.05) is 0 Å². The van der Waals surface area contributed by atoms with Crippen molar-refractivity contribution in [3.05, 3.63) is 12.7 Å². The van der Waals surface area contributed by atoms with E-state index in [1.165, 1.54) is 17.3 Å². The van der Waals surface area contributed by atoms with Crippen LogP contribution in [0.5, 0.6) is 0 Å². The van der Waals surface area contributed by atoms with E-state index in [2.05, 4.69) is 15.3 Å². The van der Waals surface area contributed by atoms with Gasteiger partial charge < -0.3 is 9.47 Å². The summed E-state index contributed by atoms with van der Waals surface area (Å²) in [6.07, 6.45) is 3.05. The average molecular weight is 182 g/mol. The number of ether oxygens (including phenoxy) is 2. The molecule has 1 aliphatic heterocycles. The first-order valence-corrected chi connectivity index (χ1v) is 4.02. The Labute approximate surface area is 75.2 Å². The summed E-state index contributed by atoms with van der Waals surface area (Å²) in [4.78, 5) is 0. The largest absolute Gasteiger partial charge is 0.373 e. The van der Waals surface area contributed by atoms with Gasteiger partial charge in [-0.15, -0.1) is 10.2 Å². The van der Waals surface area contributed by atoms with Crippen molar-refractivity contribution < 1.29 is 9.47 Å². The molecule has 0 aliphatic carbocycles. The maximum atomic E-state index is 5.25. The fourth-order valence-corrected chi connectivity index (χ4v) is 1.01. The number of rotatable bonds is 1. The summed E-state index contributed by atoms with van der Waals surface area (Å²) in [6, 6.07) is 0. The lowest BCUT2D eigenvalue weighted by Crippen LogP contribution is -2.12.